The Bertz CT molecular complexity index is 1220. The number of rotatable bonds is 6. The summed E-state index contributed by atoms with van der Waals surface area (Å²) in [6.45, 7) is 8.51. The maximum Gasteiger partial charge on any atom is 0.266 e. The zero-order valence-corrected chi connectivity index (χ0v) is 20.2. The molecule has 0 fully saturated rings. The van der Waals surface area contributed by atoms with Gasteiger partial charge in [-0.3, -0.25) is 4.79 Å². The van der Waals surface area contributed by atoms with Crippen LogP contribution < -0.4 is 10.1 Å². The Hall–Kier alpha value is -3.36. The maximum absolute atomic E-state index is 12.6. The van der Waals surface area contributed by atoms with Gasteiger partial charge in [0.15, 0.2) is 0 Å². The molecule has 0 bridgehead atoms. The lowest BCUT2D eigenvalue weighted by molar-refractivity contribution is -0.112. The molecule has 32 heavy (non-hydrogen) atoms. The van der Waals surface area contributed by atoms with Crippen LogP contribution in [-0.4, -0.2) is 5.91 Å². The van der Waals surface area contributed by atoms with Crippen molar-refractivity contribution in [2.75, 3.05) is 5.32 Å². The topological polar surface area (TPSA) is 62.1 Å². The number of nitriles is 1. The van der Waals surface area contributed by atoms with Crippen molar-refractivity contribution in [3.05, 3.63) is 98.0 Å². The van der Waals surface area contributed by atoms with Crippen LogP contribution in [0.2, 0.25) is 0 Å². The van der Waals surface area contributed by atoms with E-state index in [1.54, 1.807) is 6.08 Å². The van der Waals surface area contributed by atoms with Crippen LogP contribution in [-0.2, 0) is 11.4 Å². The van der Waals surface area contributed by atoms with Crippen LogP contribution in [0.1, 0.15) is 33.4 Å². The van der Waals surface area contributed by atoms with Gasteiger partial charge in [0.25, 0.3) is 5.91 Å². The van der Waals surface area contributed by atoms with E-state index in [0.717, 1.165) is 26.7 Å². The third kappa shape index (κ3) is 5.87. The number of nitrogens with one attached hydrogen (secondary N) is 1. The predicted molar refractivity (Wildman–Crippen MR) is 133 cm³/mol. The second kappa shape index (κ2) is 10.3. The van der Waals surface area contributed by atoms with E-state index in [9.17, 15) is 10.1 Å². The number of halogens is 1. The summed E-state index contributed by atoms with van der Waals surface area (Å²) in [5, 5.41) is 12.4. The zero-order chi connectivity index (χ0) is 23.3. The molecule has 3 rings (SSSR count). The fraction of sp³-hybridized carbons (Fsp3) is 0.185. The normalized spacial score (nSPS) is 11.1. The Morgan fingerprint density at radius 2 is 1.78 bits per heavy atom. The Labute approximate surface area is 197 Å². The molecule has 1 amide bonds. The molecule has 0 aliphatic carbocycles. The second-order valence-electron chi connectivity index (χ2n) is 7.85. The molecule has 0 aliphatic rings. The lowest BCUT2D eigenvalue weighted by Gasteiger charge is -2.11. The number of hydrogen-bond acceptors (Lipinski definition) is 3. The molecule has 0 atom stereocenters. The third-order valence-corrected chi connectivity index (χ3v) is 5.78. The average Bonchev–Trinajstić information content (AvgIpc) is 2.74. The van der Waals surface area contributed by atoms with E-state index in [1.807, 2.05) is 56.3 Å². The maximum atomic E-state index is 12.6. The third-order valence-electron chi connectivity index (χ3n) is 5.16. The van der Waals surface area contributed by atoms with Gasteiger partial charge in [-0.15, -0.1) is 0 Å². The SMILES string of the molecule is Cc1cc(C)cc(COc2ccc(/C=C(\C#N)C(=O)Nc3cccc(C)c3C)cc2Br)c1. The van der Waals surface area contributed by atoms with E-state index in [1.165, 1.54) is 11.1 Å². The van der Waals surface area contributed by atoms with Crippen molar-refractivity contribution in [1.82, 2.24) is 0 Å². The highest BCUT2D eigenvalue weighted by atomic mass is 79.9. The van der Waals surface area contributed by atoms with Gasteiger partial charge in [-0.2, -0.15) is 5.26 Å². The van der Waals surface area contributed by atoms with Crippen LogP contribution in [0.4, 0.5) is 5.69 Å². The molecule has 0 unspecified atom stereocenters. The van der Waals surface area contributed by atoms with E-state index < -0.39 is 5.91 Å². The van der Waals surface area contributed by atoms with E-state index in [4.69, 9.17) is 4.74 Å². The van der Waals surface area contributed by atoms with E-state index in [0.29, 0.717) is 18.0 Å². The number of aryl methyl sites for hydroxylation is 3. The number of benzene rings is 3. The van der Waals surface area contributed by atoms with Crippen LogP contribution in [0.3, 0.4) is 0 Å². The first kappa shape index (κ1) is 23.3. The van der Waals surface area contributed by atoms with Gasteiger partial charge in [0.2, 0.25) is 0 Å². The highest BCUT2D eigenvalue weighted by molar-refractivity contribution is 9.10. The van der Waals surface area contributed by atoms with Crippen LogP contribution in [0.15, 0.2) is 64.6 Å². The highest BCUT2D eigenvalue weighted by Gasteiger charge is 2.12. The minimum Gasteiger partial charge on any atom is -0.488 e. The Morgan fingerprint density at radius 3 is 2.44 bits per heavy atom. The van der Waals surface area contributed by atoms with Gasteiger partial charge in [0.05, 0.1) is 4.47 Å². The second-order valence-corrected chi connectivity index (χ2v) is 8.70. The van der Waals surface area contributed by atoms with Gasteiger partial charge in [0, 0.05) is 5.69 Å². The van der Waals surface area contributed by atoms with Crippen molar-refractivity contribution in [2.45, 2.75) is 34.3 Å². The summed E-state index contributed by atoms with van der Waals surface area (Å²) in [6, 6.07) is 19.5. The summed E-state index contributed by atoms with van der Waals surface area (Å²) in [5.74, 6) is 0.257. The fourth-order valence-corrected chi connectivity index (χ4v) is 3.94. The van der Waals surface area contributed by atoms with Gasteiger partial charge >= 0.3 is 0 Å². The first-order valence-corrected chi connectivity index (χ1v) is 11.0. The largest absolute Gasteiger partial charge is 0.488 e. The van der Waals surface area contributed by atoms with Crippen LogP contribution >= 0.6 is 15.9 Å². The number of hydrogen-bond donors (Lipinski definition) is 1. The lowest BCUT2D eigenvalue weighted by Crippen LogP contribution is -2.14. The first-order chi connectivity index (χ1) is 15.3. The summed E-state index contributed by atoms with van der Waals surface area (Å²) in [6.07, 6.45) is 1.57. The highest BCUT2D eigenvalue weighted by Crippen LogP contribution is 2.28. The first-order valence-electron chi connectivity index (χ1n) is 10.3. The molecule has 3 aromatic carbocycles. The van der Waals surface area contributed by atoms with Crippen molar-refractivity contribution >= 4 is 33.6 Å². The van der Waals surface area contributed by atoms with Crippen molar-refractivity contribution in [3.8, 4) is 11.8 Å². The van der Waals surface area contributed by atoms with Gasteiger partial charge in [-0.1, -0.05) is 47.5 Å². The number of amides is 1. The minimum atomic E-state index is -0.438. The number of carbonyl (C=O) groups is 1. The van der Waals surface area contributed by atoms with Crippen molar-refractivity contribution < 1.29 is 9.53 Å². The molecule has 0 saturated heterocycles. The Kier molecular flexibility index (Phi) is 7.50. The molecule has 1 N–H and O–H groups in total. The van der Waals surface area contributed by atoms with Gasteiger partial charge < -0.3 is 10.1 Å². The number of anilines is 1. The minimum absolute atomic E-state index is 0.0294. The number of nitrogens with zero attached hydrogens (tertiary/aromatic N) is 1. The quantitative estimate of drug-likeness (QED) is 0.306. The summed E-state index contributed by atoms with van der Waals surface area (Å²) in [5.41, 5.74) is 7.01. The predicted octanol–water partition coefficient (Wildman–Crippen LogP) is 6.81. The zero-order valence-electron chi connectivity index (χ0n) is 18.6. The monoisotopic (exact) mass is 488 g/mol. The average molecular weight is 489 g/mol. The smallest absolute Gasteiger partial charge is 0.266 e. The van der Waals surface area contributed by atoms with Gasteiger partial charge in [0.1, 0.15) is 24.0 Å². The molecular formula is C27H25BrN2O2. The van der Waals surface area contributed by atoms with Crippen LogP contribution in [0.5, 0.6) is 5.75 Å². The van der Waals surface area contributed by atoms with Gasteiger partial charge in [-0.25, -0.2) is 0 Å². The molecule has 0 heterocycles. The molecule has 0 aliphatic heterocycles. The van der Waals surface area contributed by atoms with Crippen LogP contribution in [0, 0.1) is 39.0 Å². The molecule has 162 valence electrons. The fourth-order valence-electron chi connectivity index (χ4n) is 3.43. The Morgan fingerprint density at radius 1 is 1.06 bits per heavy atom. The number of carbonyl (C=O) groups excluding carboxylic acids is 1. The molecule has 0 spiro atoms. The standard InChI is InChI=1S/C27H25BrN2O2/c1-17-10-18(2)12-22(11-17)16-32-26-9-8-21(14-24(26)28)13-23(15-29)27(31)30-25-7-5-6-19(3)20(25)4/h5-14H,16H2,1-4H3,(H,30,31)/b23-13+. The molecule has 0 saturated carbocycles. The van der Waals surface area contributed by atoms with E-state index in [2.05, 4.69) is 53.3 Å². The van der Waals surface area contributed by atoms with Gasteiger partial charge in [-0.05, 0) is 90.2 Å². The lowest BCUT2D eigenvalue weighted by atomic mass is 10.1. The molecule has 0 aromatic heterocycles. The molecule has 3 aromatic rings. The number of ether oxygens (including phenoxy) is 1. The molecule has 5 heteroatoms. The van der Waals surface area contributed by atoms with Crippen LogP contribution in [0.25, 0.3) is 6.08 Å². The summed E-state index contributed by atoms with van der Waals surface area (Å²) in [7, 11) is 0. The van der Waals surface area contributed by atoms with E-state index >= 15 is 0 Å². The van der Waals surface area contributed by atoms with Crippen molar-refractivity contribution in [1.29, 1.82) is 5.26 Å². The summed E-state index contributed by atoms with van der Waals surface area (Å²) >= 11 is 3.53. The van der Waals surface area contributed by atoms with Crippen molar-refractivity contribution in [2.24, 2.45) is 0 Å². The molecule has 4 nitrogen and oxygen atoms in total. The summed E-state index contributed by atoms with van der Waals surface area (Å²) in [4.78, 5) is 12.6. The van der Waals surface area contributed by atoms with Crippen molar-refractivity contribution in [3.63, 3.8) is 0 Å². The molecule has 0 radical (unpaired) electrons. The van der Waals surface area contributed by atoms with E-state index in [-0.39, 0.29) is 5.57 Å². The Balaban J connectivity index is 1.74. The molecular weight excluding hydrogens is 464 g/mol. The summed E-state index contributed by atoms with van der Waals surface area (Å²) < 4.78 is 6.71.